The van der Waals surface area contributed by atoms with Gasteiger partial charge in [0.2, 0.25) is 0 Å². The summed E-state index contributed by atoms with van der Waals surface area (Å²) in [6.07, 6.45) is 3.87. The minimum absolute atomic E-state index is 0.299. The van der Waals surface area contributed by atoms with Gasteiger partial charge in [0.15, 0.2) is 0 Å². The number of carbonyl (C=O) groups is 1. The molecule has 1 heterocycles. The maximum absolute atomic E-state index is 11.9. The second kappa shape index (κ2) is 6.93. The van der Waals surface area contributed by atoms with Crippen LogP contribution in [-0.2, 0) is 9.53 Å². The average Bonchev–Trinajstić information content (AvgIpc) is 2.93. The first-order chi connectivity index (χ1) is 11.6. The lowest BCUT2D eigenvalue weighted by molar-refractivity contribution is -0.138. The standard InChI is InChI=1S/C20H18ClNO2/c1-3-24-20(23)14(2)11-15-13-22(17-7-5-4-6-8-17)19-12-16(21)9-10-18(15)19/h4-13H,3H2,1-2H3/b14-11+. The lowest BCUT2D eigenvalue weighted by Gasteiger charge is -2.04. The van der Waals surface area contributed by atoms with Crippen LogP contribution < -0.4 is 0 Å². The van der Waals surface area contributed by atoms with Crippen molar-refractivity contribution in [1.82, 2.24) is 4.57 Å². The lowest BCUT2D eigenvalue weighted by Crippen LogP contribution is -2.04. The molecule has 0 unspecified atom stereocenters. The SMILES string of the molecule is CCOC(=O)/C(C)=C/c1cn(-c2ccccc2)c2cc(Cl)ccc12. The van der Waals surface area contributed by atoms with Gasteiger partial charge in [-0.05, 0) is 44.2 Å². The number of esters is 1. The van der Waals surface area contributed by atoms with Gasteiger partial charge in [-0.25, -0.2) is 4.79 Å². The number of hydrogen-bond acceptors (Lipinski definition) is 2. The largest absolute Gasteiger partial charge is 0.463 e. The van der Waals surface area contributed by atoms with Crippen molar-refractivity contribution in [2.45, 2.75) is 13.8 Å². The zero-order valence-corrected chi connectivity index (χ0v) is 14.4. The van der Waals surface area contributed by atoms with Gasteiger partial charge in [-0.2, -0.15) is 0 Å². The Labute approximate surface area is 146 Å². The molecule has 0 spiro atoms. The minimum Gasteiger partial charge on any atom is -0.463 e. The van der Waals surface area contributed by atoms with Crippen LogP contribution >= 0.6 is 11.6 Å². The molecule has 4 heteroatoms. The maximum Gasteiger partial charge on any atom is 0.333 e. The smallest absolute Gasteiger partial charge is 0.333 e. The summed E-state index contributed by atoms with van der Waals surface area (Å²) in [6, 6.07) is 15.8. The van der Waals surface area contributed by atoms with Crippen molar-refractivity contribution in [3.63, 3.8) is 0 Å². The third-order valence-electron chi connectivity index (χ3n) is 3.80. The molecule has 0 saturated heterocycles. The molecule has 122 valence electrons. The van der Waals surface area contributed by atoms with Crippen molar-refractivity contribution in [2.75, 3.05) is 6.61 Å². The fourth-order valence-corrected chi connectivity index (χ4v) is 2.85. The number of benzene rings is 2. The number of carbonyl (C=O) groups excluding carboxylic acids is 1. The van der Waals surface area contributed by atoms with E-state index in [2.05, 4.69) is 4.57 Å². The van der Waals surface area contributed by atoms with Gasteiger partial charge in [-0.3, -0.25) is 0 Å². The van der Waals surface area contributed by atoms with Gasteiger partial charge in [0.25, 0.3) is 0 Å². The third-order valence-corrected chi connectivity index (χ3v) is 4.04. The number of para-hydroxylation sites is 1. The van der Waals surface area contributed by atoms with E-state index in [1.807, 2.05) is 60.8 Å². The molecule has 2 aromatic carbocycles. The van der Waals surface area contributed by atoms with Gasteiger partial charge in [-0.15, -0.1) is 0 Å². The van der Waals surface area contributed by atoms with E-state index < -0.39 is 0 Å². The first-order valence-corrected chi connectivity index (χ1v) is 8.19. The Morgan fingerprint density at radius 1 is 1.21 bits per heavy atom. The molecule has 3 nitrogen and oxygen atoms in total. The Morgan fingerprint density at radius 2 is 1.96 bits per heavy atom. The molecule has 3 rings (SSSR count). The Kier molecular flexibility index (Phi) is 4.72. The van der Waals surface area contributed by atoms with Crippen molar-refractivity contribution in [1.29, 1.82) is 0 Å². The van der Waals surface area contributed by atoms with Crippen LogP contribution in [0, 0.1) is 0 Å². The van der Waals surface area contributed by atoms with Crippen LogP contribution in [0.15, 0.2) is 60.3 Å². The molecule has 0 fully saturated rings. The second-order valence-electron chi connectivity index (χ2n) is 5.50. The molecular formula is C20H18ClNO2. The molecular weight excluding hydrogens is 322 g/mol. The van der Waals surface area contributed by atoms with E-state index in [-0.39, 0.29) is 5.97 Å². The van der Waals surface area contributed by atoms with Crippen molar-refractivity contribution in [3.05, 3.63) is 70.9 Å². The van der Waals surface area contributed by atoms with E-state index in [9.17, 15) is 4.79 Å². The van der Waals surface area contributed by atoms with E-state index in [0.29, 0.717) is 17.2 Å². The molecule has 0 aliphatic heterocycles. The summed E-state index contributed by atoms with van der Waals surface area (Å²) in [7, 11) is 0. The predicted octanol–water partition coefficient (Wildman–Crippen LogP) is 5.25. The van der Waals surface area contributed by atoms with E-state index in [1.54, 1.807) is 13.8 Å². The Hall–Kier alpha value is -2.52. The second-order valence-corrected chi connectivity index (χ2v) is 5.94. The summed E-state index contributed by atoms with van der Waals surface area (Å²) >= 11 is 6.18. The molecule has 24 heavy (non-hydrogen) atoms. The van der Waals surface area contributed by atoms with Gasteiger partial charge in [0.1, 0.15) is 0 Å². The number of fused-ring (bicyclic) bond motifs is 1. The number of rotatable bonds is 4. The summed E-state index contributed by atoms with van der Waals surface area (Å²) in [5.74, 6) is -0.299. The monoisotopic (exact) mass is 339 g/mol. The van der Waals surface area contributed by atoms with Gasteiger partial charge in [0, 0.05) is 33.4 Å². The Balaban J connectivity index is 2.16. The number of halogens is 1. The maximum atomic E-state index is 11.9. The van der Waals surface area contributed by atoms with Crippen LogP contribution in [0.2, 0.25) is 5.02 Å². The highest BCUT2D eigenvalue weighted by molar-refractivity contribution is 6.31. The highest BCUT2D eigenvalue weighted by Crippen LogP contribution is 2.29. The molecule has 0 atom stereocenters. The highest BCUT2D eigenvalue weighted by Gasteiger charge is 2.11. The third kappa shape index (κ3) is 3.22. The molecule has 0 bridgehead atoms. The number of nitrogens with zero attached hydrogens (tertiary/aromatic N) is 1. The van der Waals surface area contributed by atoms with Gasteiger partial charge in [-0.1, -0.05) is 35.9 Å². The first kappa shape index (κ1) is 16.3. The van der Waals surface area contributed by atoms with Crippen LogP contribution in [0.5, 0.6) is 0 Å². The zero-order valence-electron chi connectivity index (χ0n) is 13.6. The number of ether oxygens (including phenoxy) is 1. The van der Waals surface area contributed by atoms with Crippen LogP contribution in [0.1, 0.15) is 19.4 Å². The predicted molar refractivity (Wildman–Crippen MR) is 98.6 cm³/mol. The van der Waals surface area contributed by atoms with E-state index in [0.717, 1.165) is 22.2 Å². The summed E-state index contributed by atoms with van der Waals surface area (Å²) in [5, 5.41) is 1.71. The molecule has 1 aromatic heterocycles. The lowest BCUT2D eigenvalue weighted by atomic mass is 10.1. The van der Waals surface area contributed by atoms with Crippen LogP contribution in [-0.4, -0.2) is 17.1 Å². The normalized spacial score (nSPS) is 11.7. The molecule has 3 aromatic rings. The van der Waals surface area contributed by atoms with E-state index in [1.165, 1.54) is 0 Å². The van der Waals surface area contributed by atoms with E-state index in [4.69, 9.17) is 16.3 Å². The van der Waals surface area contributed by atoms with Crippen LogP contribution in [0.25, 0.3) is 22.7 Å². The summed E-state index contributed by atoms with van der Waals surface area (Å²) in [4.78, 5) is 11.9. The number of aromatic nitrogens is 1. The highest BCUT2D eigenvalue weighted by atomic mass is 35.5. The van der Waals surface area contributed by atoms with Crippen molar-refractivity contribution in [2.24, 2.45) is 0 Å². The fraction of sp³-hybridized carbons (Fsp3) is 0.150. The van der Waals surface area contributed by atoms with Crippen LogP contribution in [0.3, 0.4) is 0 Å². The van der Waals surface area contributed by atoms with Gasteiger partial charge >= 0.3 is 5.97 Å². The molecule has 0 radical (unpaired) electrons. The first-order valence-electron chi connectivity index (χ1n) is 7.81. The quantitative estimate of drug-likeness (QED) is 0.480. The average molecular weight is 340 g/mol. The van der Waals surface area contributed by atoms with Gasteiger partial charge < -0.3 is 9.30 Å². The molecule has 0 N–H and O–H groups in total. The van der Waals surface area contributed by atoms with Crippen molar-refractivity contribution in [3.8, 4) is 5.69 Å². The Morgan fingerprint density at radius 3 is 2.67 bits per heavy atom. The molecule has 0 saturated carbocycles. The summed E-state index contributed by atoms with van der Waals surface area (Å²) < 4.78 is 7.14. The topological polar surface area (TPSA) is 31.2 Å². The minimum atomic E-state index is -0.299. The summed E-state index contributed by atoms with van der Waals surface area (Å²) in [5.41, 5.74) is 3.56. The van der Waals surface area contributed by atoms with Crippen molar-refractivity contribution >= 4 is 34.5 Å². The summed E-state index contributed by atoms with van der Waals surface area (Å²) in [6.45, 7) is 3.93. The van der Waals surface area contributed by atoms with Crippen LogP contribution in [0.4, 0.5) is 0 Å². The molecule has 0 amide bonds. The molecule has 0 aliphatic rings. The van der Waals surface area contributed by atoms with E-state index >= 15 is 0 Å². The molecule has 0 aliphatic carbocycles. The van der Waals surface area contributed by atoms with Gasteiger partial charge in [0.05, 0.1) is 12.1 Å². The number of hydrogen-bond donors (Lipinski definition) is 0. The fourth-order valence-electron chi connectivity index (χ4n) is 2.68. The van der Waals surface area contributed by atoms with Crippen molar-refractivity contribution < 1.29 is 9.53 Å². The Bertz CT molecular complexity index is 910. The zero-order chi connectivity index (χ0) is 17.1.